The summed E-state index contributed by atoms with van der Waals surface area (Å²) in [7, 11) is 0. The Morgan fingerprint density at radius 1 is 1.05 bits per heavy atom. The topological polar surface area (TPSA) is 141 Å². The predicted octanol–water partition coefficient (Wildman–Crippen LogP) is 3.57. The molecule has 0 fully saturated rings. The van der Waals surface area contributed by atoms with Crippen molar-refractivity contribution < 1.29 is 9.94 Å². The van der Waals surface area contributed by atoms with Crippen LogP contribution in [0.25, 0.3) is 11.3 Å². The first-order valence-corrected chi connectivity index (χ1v) is 12.6. The molecule has 0 saturated carbocycles. The van der Waals surface area contributed by atoms with Gasteiger partial charge in [0.15, 0.2) is 11.6 Å². The van der Waals surface area contributed by atoms with Gasteiger partial charge in [0, 0.05) is 22.9 Å². The van der Waals surface area contributed by atoms with Gasteiger partial charge < -0.3 is 15.7 Å². The van der Waals surface area contributed by atoms with Crippen molar-refractivity contribution in [1.82, 2.24) is 24.5 Å². The standard InChI is InChI=1S/C28H31N7O3/c1-3-5-9-19-14-27(36)35(26(33-19)15-25-30-16-21(17-31-25)38-4-2)18-20-10-8-13-24(32-20)22-11-6-7-12-23(22)28(29)34-37/h6-8,10-14,16-17,37H,3-5,9,15,18H2,1-2H3,(H2,29,34). The summed E-state index contributed by atoms with van der Waals surface area (Å²) in [6, 6.07) is 14.4. The first kappa shape index (κ1) is 26.5. The number of unbranched alkanes of at least 4 members (excludes halogenated alkanes) is 1. The molecular weight excluding hydrogens is 482 g/mol. The van der Waals surface area contributed by atoms with Crippen LogP contribution in [0.3, 0.4) is 0 Å². The molecule has 0 spiro atoms. The highest BCUT2D eigenvalue weighted by molar-refractivity contribution is 6.02. The van der Waals surface area contributed by atoms with Crippen molar-refractivity contribution >= 4 is 5.84 Å². The number of ether oxygens (including phenoxy) is 1. The fourth-order valence-electron chi connectivity index (χ4n) is 4.08. The maximum absolute atomic E-state index is 13.3. The molecule has 0 bridgehead atoms. The third kappa shape index (κ3) is 6.39. The lowest BCUT2D eigenvalue weighted by Crippen LogP contribution is -2.27. The van der Waals surface area contributed by atoms with Crippen LogP contribution in [0.2, 0.25) is 0 Å². The molecule has 3 N–H and O–H groups in total. The van der Waals surface area contributed by atoms with E-state index in [0.29, 0.717) is 46.5 Å². The van der Waals surface area contributed by atoms with Crippen LogP contribution < -0.4 is 16.0 Å². The van der Waals surface area contributed by atoms with Crippen molar-refractivity contribution in [3.05, 3.63) is 99.9 Å². The minimum absolute atomic E-state index is 0.00599. The molecule has 0 unspecified atom stereocenters. The fraction of sp³-hybridized carbons (Fsp3) is 0.286. The van der Waals surface area contributed by atoms with E-state index < -0.39 is 0 Å². The smallest absolute Gasteiger partial charge is 0.254 e. The number of rotatable bonds is 11. The van der Waals surface area contributed by atoms with E-state index in [0.717, 1.165) is 25.0 Å². The van der Waals surface area contributed by atoms with E-state index in [1.54, 1.807) is 35.2 Å². The third-order valence-corrected chi connectivity index (χ3v) is 5.95. The maximum Gasteiger partial charge on any atom is 0.254 e. The van der Waals surface area contributed by atoms with Crippen LogP contribution in [0.4, 0.5) is 0 Å². The minimum Gasteiger partial charge on any atom is -0.491 e. The van der Waals surface area contributed by atoms with Gasteiger partial charge in [-0.1, -0.05) is 48.8 Å². The van der Waals surface area contributed by atoms with Crippen molar-refractivity contribution in [3.63, 3.8) is 0 Å². The summed E-state index contributed by atoms with van der Waals surface area (Å²) in [6.07, 6.45) is 6.21. The summed E-state index contributed by atoms with van der Waals surface area (Å²) >= 11 is 0. The average molecular weight is 514 g/mol. The number of oxime groups is 1. The highest BCUT2D eigenvalue weighted by Gasteiger charge is 2.15. The summed E-state index contributed by atoms with van der Waals surface area (Å²) in [4.78, 5) is 31.7. The molecule has 196 valence electrons. The van der Waals surface area contributed by atoms with Crippen molar-refractivity contribution in [3.8, 4) is 17.0 Å². The minimum atomic E-state index is -0.156. The maximum atomic E-state index is 13.3. The SMILES string of the molecule is CCCCc1cc(=O)n(Cc2cccc(-c3ccccc3C(N)=NO)n2)c(Cc2ncc(OCC)cn2)n1. The first-order chi connectivity index (χ1) is 18.5. The lowest BCUT2D eigenvalue weighted by Gasteiger charge is -2.14. The number of nitrogens with two attached hydrogens (primary N) is 1. The second-order valence-corrected chi connectivity index (χ2v) is 8.68. The Bertz CT molecular complexity index is 1470. The number of hydrogen-bond acceptors (Lipinski definition) is 8. The van der Waals surface area contributed by atoms with Crippen molar-refractivity contribution in [2.24, 2.45) is 10.9 Å². The number of amidine groups is 1. The van der Waals surface area contributed by atoms with Crippen LogP contribution in [-0.4, -0.2) is 42.2 Å². The molecule has 0 radical (unpaired) electrons. The van der Waals surface area contributed by atoms with Crippen LogP contribution in [-0.2, 0) is 19.4 Å². The summed E-state index contributed by atoms with van der Waals surface area (Å²) in [5.41, 5.74) is 9.06. The van der Waals surface area contributed by atoms with Gasteiger partial charge in [-0.3, -0.25) is 14.3 Å². The molecule has 4 rings (SSSR count). The molecule has 0 saturated heterocycles. The van der Waals surface area contributed by atoms with Gasteiger partial charge in [-0.2, -0.15) is 0 Å². The molecule has 3 aromatic heterocycles. The molecular formula is C28H31N7O3. The van der Waals surface area contributed by atoms with Crippen LogP contribution in [0.5, 0.6) is 5.75 Å². The quantitative estimate of drug-likeness (QED) is 0.134. The van der Waals surface area contributed by atoms with E-state index in [1.807, 2.05) is 37.3 Å². The lowest BCUT2D eigenvalue weighted by atomic mass is 10.0. The molecule has 10 heteroatoms. The number of pyridine rings is 1. The molecule has 4 aromatic rings. The second kappa shape index (κ2) is 12.6. The molecule has 10 nitrogen and oxygen atoms in total. The summed E-state index contributed by atoms with van der Waals surface area (Å²) in [5.74, 6) is 1.69. The number of benzene rings is 1. The Labute approximate surface area is 220 Å². The predicted molar refractivity (Wildman–Crippen MR) is 144 cm³/mol. The van der Waals surface area contributed by atoms with Crippen LogP contribution >= 0.6 is 0 Å². The second-order valence-electron chi connectivity index (χ2n) is 8.68. The van der Waals surface area contributed by atoms with E-state index in [2.05, 4.69) is 22.0 Å². The van der Waals surface area contributed by atoms with Crippen molar-refractivity contribution in [2.75, 3.05) is 6.61 Å². The van der Waals surface area contributed by atoms with Gasteiger partial charge in [-0.15, -0.1) is 0 Å². The zero-order valence-corrected chi connectivity index (χ0v) is 21.5. The van der Waals surface area contributed by atoms with E-state index in [1.165, 1.54) is 0 Å². The molecule has 0 aliphatic heterocycles. The number of aryl methyl sites for hydroxylation is 1. The summed E-state index contributed by atoms with van der Waals surface area (Å²) in [6.45, 7) is 4.74. The Morgan fingerprint density at radius 3 is 2.58 bits per heavy atom. The monoisotopic (exact) mass is 513 g/mol. The Kier molecular flexibility index (Phi) is 8.76. The summed E-state index contributed by atoms with van der Waals surface area (Å²) in [5, 5.41) is 12.3. The molecule has 0 aliphatic rings. The van der Waals surface area contributed by atoms with Crippen LogP contribution in [0.15, 0.2) is 70.9 Å². The number of aromatic nitrogens is 5. The van der Waals surface area contributed by atoms with E-state index in [-0.39, 0.29) is 24.4 Å². The Hall–Kier alpha value is -4.60. The van der Waals surface area contributed by atoms with Gasteiger partial charge >= 0.3 is 0 Å². The summed E-state index contributed by atoms with van der Waals surface area (Å²) < 4.78 is 7.05. The van der Waals surface area contributed by atoms with Gasteiger partial charge in [0.1, 0.15) is 11.6 Å². The van der Waals surface area contributed by atoms with Crippen molar-refractivity contribution in [1.29, 1.82) is 0 Å². The Balaban J connectivity index is 1.70. The first-order valence-electron chi connectivity index (χ1n) is 12.6. The van der Waals surface area contributed by atoms with Crippen molar-refractivity contribution in [2.45, 2.75) is 46.1 Å². The van der Waals surface area contributed by atoms with Crippen LogP contribution in [0, 0.1) is 0 Å². The highest BCUT2D eigenvalue weighted by Crippen LogP contribution is 2.22. The zero-order valence-electron chi connectivity index (χ0n) is 21.5. The molecule has 0 amide bonds. The molecule has 1 aromatic carbocycles. The Morgan fingerprint density at radius 2 is 1.84 bits per heavy atom. The molecule has 0 atom stereocenters. The van der Waals surface area contributed by atoms with Crippen LogP contribution in [0.1, 0.15) is 55.3 Å². The van der Waals surface area contributed by atoms with Gasteiger partial charge in [0.2, 0.25) is 0 Å². The molecule has 3 heterocycles. The fourth-order valence-corrected chi connectivity index (χ4v) is 4.08. The zero-order chi connectivity index (χ0) is 26.9. The van der Waals surface area contributed by atoms with E-state index >= 15 is 0 Å². The lowest BCUT2D eigenvalue weighted by molar-refractivity contribution is 0.318. The normalized spacial score (nSPS) is 11.5. The van der Waals surface area contributed by atoms with Gasteiger partial charge in [0.05, 0.1) is 43.4 Å². The van der Waals surface area contributed by atoms with E-state index in [4.69, 9.17) is 20.4 Å². The largest absolute Gasteiger partial charge is 0.491 e. The molecule has 0 aliphatic carbocycles. The van der Waals surface area contributed by atoms with Gasteiger partial charge in [0.25, 0.3) is 5.56 Å². The third-order valence-electron chi connectivity index (χ3n) is 5.95. The number of nitrogens with zero attached hydrogens (tertiary/aromatic N) is 6. The average Bonchev–Trinajstić information content (AvgIpc) is 2.94. The molecule has 38 heavy (non-hydrogen) atoms. The highest BCUT2D eigenvalue weighted by atomic mass is 16.5. The number of hydrogen-bond donors (Lipinski definition) is 2. The van der Waals surface area contributed by atoms with Gasteiger partial charge in [-0.05, 0) is 31.9 Å². The van der Waals surface area contributed by atoms with Gasteiger partial charge in [-0.25, -0.2) is 15.0 Å². The van der Waals surface area contributed by atoms with E-state index in [9.17, 15) is 10.0 Å².